The van der Waals surface area contributed by atoms with Crippen molar-refractivity contribution in [2.24, 2.45) is 0 Å². The number of carbonyl (C=O) groups is 1. The second kappa shape index (κ2) is 9.03. The number of likely N-dealkylation sites (N-methyl/N-ethyl adjacent to an activating group) is 1. The highest BCUT2D eigenvalue weighted by molar-refractivity contribution is 7.89. The Hall–Kier alpha value is -1.64. The predicted octanol–water partition coefficient (Wildman–Crippen LogP) is 2.93. The van der Waals surface area contributed by atoms with Crippen LogP contribution in [0.1, 0.15) is 22.0 Å². The third kappa shape index (κ3) is 5.21. The molecule has 0 spiro atoms. The molecule has 146 valence electrons. The van der Waals surface area contributed by atoms with Gasteiger partial charge in [0.2, 0.25) is 10.0 Å². The maximum absolute atomic E-state index is 12.5. The van der Waals surface area contributed by atoms with Crippen LogP contribution < -0.4 is 10.0 Å². The van der Waals surface area contributed by atoms with Crippen molar-refractivity contribution in [1.82, 2.24) is 14.9 Å². The molecule has 0 unspecified atom stereocenters. The van der Waals surface area contributed by atoms with Crippen LogP contribution in [0.15, 0.2) is 47.4 Å². The van der Waals surface area contributed by atoms with Crippen LogP contribution in [0.3, 0.4) is 0 Å². The highest BCUT2D eigenvalue weighted by Gasteiger charge is 2.21. The third-order valence-electron chi connectivity index (χ3n) is 4.10. The topological polar surface area (TPSA) is 78.5 Å². The summed E-state index contributed by atoms with van der Waals surface area (Å²) in [5, 5.41) is 3.48. The molecule has 0 radical (unpaired) electrons. The number of halogens is 2. The number of nitrogens with zero attached hydrogens (tertiary/aromatic N) is 1. The maximum atomic E-state index is 12.5. The summed E-state index contributed by atoms with van der Waals surface area (Å²) in [5.74, 6) is -0.405. The summed E-state index contributed by atoms with van der Waals surface area (Å²) >= 11 is 12.2. The molecule has 2 N–H and O–H groups in total. The number of carbonyl (C=O) groups excluding carboxylic acids is 1. The molecule has 0 aliphatic rings. The van der Waals surface area contributed by atoms with Gasteiger partial charge in [0.25, 0.3) is 5.91 Å². The van der Waals surface area contributed by atoms with Crippen molar-refractivity contribution in [3.8, 4) is 0 Å². The maximum Gasteiger partial charge on any atom is 0.251 e. The van der Waals surface area contributed by atoms with Gasteiger partial charge in [0, 0.05) is 17.1 Å². The number of rotatable bonds is 7. The van der Waals surface area contributed by atoms with Crippen LogP contribution in [0, 0.1) is 0 Å². The van der Waals surface area contributed by atoms with Crippen LogP contribution in [-0.2, 0) is 10.0 Å². The molecule has 0 saturated carbocycles. The minimum absolute atomic E-state index is 0.0446. The third-order valence-corrected chi connectivity index (χ3v) is 6.34. The number of nitrogens with one attached hydrogen (secondary N) is 2. The lowest BCUT2D eigenvalue weighted by Crippen LogP contribution is -2.34. The van der Waals surface area contributed by atoms with E-state index >= 15 is 0 Å². The van der Waals surface area contributed by atoms with Crippen LogP contribution >= 0.6 is 23.2 Å². The molecule has 2 rings (SSSR count). The fourth-order valence-electron chi connectivity index (χ4n) is 2.57. The Bertz CT molecular complexity index is 933. The van der Waals surface area contributed by atoms with Crippen LogP contribution in [0.2, 0.25) is 10.0 Å². The molecule has 0 saturated heterocycles. The number of hydrogen-bond acceptors (Lipinski definition) is 4. The second-order valence-electron chi connectivity index (χ2n) is 6.06. The summed E-state index contributed by atoms with van der Waals surface area (Å²) in [6.45, 7) is 0.298. The summed E-state index contributed by atoms with van der Waals surface area (Å²) in [6.07, 6.45) is 0. The number of amides is 1. The Morgan fingerprint density at radius 1 is 1.11 bits per heavy atom. The molecule has 6 nitrogen and oxygen atoms in total. The van der Waals surface area contributed by atoms with E-state index in [0.29, 0.717) is 11.6 Å². The summed E-state index contributed by atoms with van der Waals surface area (Å²) in [6, 6.07) is 11.4. The monoisotopic (exact) mass is 429 g/mol. The fraction of sp³-hybridized carbons (Fsp3) is 0.278. The predicted molar refractivity (Wildman–Crippen MR) is 108 cm³/mol. The van der Waals surface area contributed by atoms with E-state index in [1.807, 2.05) is 37.2 Å². The summed E-state index contributed by atoms with van der Waals surface area (Å²) in [4.78, 5) is 14.3. The first kappa shape index (κ1) is 21.7. The SMILES string of the molecule is CNS(=O)(=O)c1cc(C(=O)NC[C@@H](c2ccccc2Cl)N(C)C)ccc1Cl. The van der Waals surface area contributed by atoms with Gasteiger partial charge in [0.05, 0.1) is 11.1 Å². The van der Waals surface area contributed by atoms with Crippen LogP contribution in [0.5, 0.6) is 0 Å². The lowest BCUT2D eigenvalue weighted by atomic mass is 10.1. The number of sulfonamides is 1. The van der Waals surface area contributed by atoms with Crippen molar-refractivity contribution in [3.63, 3.8) is 0 Å². The van der Waals surface area contributed by atoms with E-state index in [0.717, 1.165) is 5.56 Å². The molecule has 0 bridgehead atoms. The highest BCUT2D eigenvalue weighted by Crippen LogP contribution is 2.26. The number of hydrogen-bond donors (Lipinski definition) is 2. The van der Waals surface area contributed by atoms with Gasteiger partial charge < -0.3 is 10.2 Å². The zero-order valence-electron chi connectivity index (χ0n) is 15.2. The van der Waals surface area contributed by atoms with Crippen molar-refractivity contribution in [2.45, 2.75) is 10.9 Å². The molecule has 0 heterocycles. The first-order chi connectivity index (χ1) is 12.7. The van der Waals surface area contributed by atoms with Gasteiger partial charge in [-0.25, -0.2) is 13.1 Å². The summed E-state index contributed by atoms with van der Waals surface area (Å²) in [7, 11) is 1.29. The summed E-state index contributed by atoms with van der Waals surface area (Å²) < 4.78 is 26.2. The average Bonchev–Trinajstić information content (AvgIpc) is 2.63. The standard InChI is InChI=1S/C18H21Cl2N3O3S/c1-21-27(25,26)17-10-12(8-9-15(17)20)18(24)22-11-16(23(2)3)13-6-4-5-7-14(13)19/h4-10,16,21H,11H2,1-3H3,(H,22,24)/t16-/m0/s1. The molecule has 27 heavy (non-hydrogen) atoms. The average molecular weight is 430 g/mol. The van der Waals surface area contributed by atoms with Gasteiger partial charge in [0.1, 0.15) is 4.90 Å². The minimum Gasteiger partial charge on any atom is -0.350 e. The summed E-state index contributed by atoms with van der Waals surface area (Å²) in [5.41, 5.74) is 1.09. The molecule has 0 aliphatic carbocycles. The van der Waals surface area contributed by atoms with Gasteiger partial charge in [-0.2, -0.15) is 0 Å². The van der Waals surface area contributed by atoms with Crippen molar-refractivity contribution >= 4 is 39.1 Å². The van der Waals surface area contributed by atoms with E-state index in [1.165, 1.54) is 25.2 Å². The molecule has 0 fully saturated rings. The van der Waals surface area contributed by atoms with Gasteiger partial charge in [-0.15, -0.1) is 0 Å². The van der Waals surface area contributed by atoms with Gasteiger partial charge in [-0.3, -0.25) is 4.79 Å². The second-order valence-corrected chi connectivity index (χ2v) is 8.73. The Morgan fingerprint density at radius 3 is 2.37 bits per heavy atom. The molecular formula is C18H21Cl2N3O3S. The largest absolute Gasteiger partial charge is 0.350 e. The van der Waals surface area contributed by atoms with Crippen molar-refractivity contribution < 1.29 is 13.2 Å². The van der Waals surface area contributed by atoms with Gasteiger partial charge >= 0.3 is 0 Å². The normalized spacial score (nSPS) is 12.8. The fourth-order valence-corrected chi connectivity index (χ4v) is 4.08. The van der Waals surface area contributed by atoms with E-state index in [4.69, 9.17) is 23.2 Å². The zero-order chi connectivity index (χ0) is 20.2. The Balaban J connectivity index is 2.22. The van der Waals surface area contributed by atoms with Crippen LogP contribution in [0.4, 0.5) is 0 Å². The van der Waals surface area contributed by atoms with Gasteiger partial charge in [-0.05, 0) is 51.0 Å². The Morgan fingerprint density at radius 2 is 1.78 bits per heavy atom. The highest BCUT2D eigenvalue weighted by atomic mass is 35.5. The molecule has 0 aromatic heterocycles. The number of benzene rings is 2. The Labute approximate surface area is 169 Å². The van der Waals surface area contributed by atoms with E-state index < -0.39 is 15.9 Å². The molecule has 1 atom stereocenters. The van der Waals surface area contributed by atoms with Gasteiger partial charge in [-0.1, -0.05) is 41.4 Å². The van der Waals surface area contributed by atoms with E-state index in [1.54, 1.807) is 6.07 Å². The molecule has 1 amide bonds. The minimum atomic E-state index is -3.77. The van der Waals surface area contributed by atoms with Crippen LogP contribution in [0.25, 0.3) is 0 Å². The van der Waals surface area contributed by atoms with Crippen molar-refractivity contribution in [2.75, 3.05) is 27.7 Å². The lowest BCUT2D eigenvalue weighted by molar-refractivity contribution is 0.0941. The molecule has 9 heteroatoms. The lowest BCUT2D eigenvalue weighted by Gasteiger charge is -2.26. The zero-order valence-corrected chi connectivity index (χ0v) is 17.5. The van der Waals surface area contributed by atoms with Crippen molar-refractivity contribution in [3.05, 3.63) is 63.6 Å². The Kier molecular flexibility index (Phi) is 7.25. The van der Waals surface area contributed by atoms with Crippen LogP contribution in [-0.4, -0.2) is 46.9 Å². The van der Waals surface area contributed by atoms with E-state index in [9.17, 15) is 13.2 Å². The first-order valence-corrected chi connectivity index (χ1v) is 10.3. The van der Waals surface area contributed by atoms with Crippen molar-refractivity contribution in [1.29, 1.82) is 0 Å². The quantitative estimate of drug-likeness (QED) is 0.708. The smallest absolute Gasteiger partial charge is 0.251 e. The molecule has 2 aromatic rings. The first-order valence-electron chi connectivity index (χ1n) is 8.09. The van der Waals surface area contributed by atoms with E-state index in [-0.39, 0.29) is 21.5 Å². The van der Waals surface area contributed by atoms with Gasteiger partial charge in [0.15, 0.2) is 0 Å². The van der Waals surface area contributed by atoms with E-state index in [2.05, 4.69) is 10.0 Å². The molecule has 2 aromatic carbocycles. The molecular weight excluding hydrogens is 409 g/mol. The molecule has 0 aliphatic heterocycles.